The summed E-state index contributed by atoms with van der Waals surface area (Å²) in [5, 5.41) is 0. The predicted octanol–water partition coefficient (Wildman–Crippen LogP) is 0.788. The molecule has 0 atom stereocenters. The fraction of sp³-hybridized carbons (Fsp3) is 0.417. The lowest BCUT2D eigenvalue weighted by molar-refractivity contribution is 0.1000. The second-order valence-electron chi connectivity index (χ2n) is 4.11. The topological polar surface area (TPSA) is 106 Å². The summed E-state index contributed by atoms with van der Waals surface area (Å²) in [6.07, 6.45) is 0.715. The Morgan fingerprint density at radius 3 is 2.37 bits per heavy atom. The van der Waals surface area contributed by atoms with E-state index in [1.54, 1.807) is 6.92 Å². The standard InChI is InChI=1S/C12H19N3O3S/c1-3-7-15(4-2)19(17,18)11-6-5-9(12(14)16)8-10(11)13/h5-6,8H,3-4,7,13H2,1-2H3,(H2,14,16). The van der Waals surface area contributed by atoms with Gasteiger partial charge in [-0.3, -0.25) is 4.79 Å². The van der Waals surface area contributed by atoms with Crippen LogP contribution in [0.15, 0.2) is 23.1 Å². The van der Waals surface area contributed by atoms with Crippen LogP contribution in [0.2, 0.25) is 0 Å². The normalized spacial score (nSPS) is 11.7. The van der Waals surface area contributed by atoms with Gasteiger partial charge in [-0.1, -0.05) is 13.8 Å². The fourth-order valence-corrected chi connectivity index (χ4v) is 3.41. The number of hydrogen-bond acceptors (Lipinski definition) is 4. The number of amides is 1. The summed E-state index contributed by atoms with van der Waals surface area (Å²) >= 11 is 0. The number of primary amides is 1. The van der Waals surface area contributed by atoms with Crippen LogP contribution in [0, 0.1) is 0 Å². The third kappa shape index (κ3) is 3.24. The lowest BCUT2D eigenvalue weighted by Crippen LogP contribution is -2.32. The van der Waals surface area contributed by atoms with Gasteiger partial charge < -0.3 is 11.5 Å². The quantitative estimate of drug-likeness (QED) is 0.753. The first-order valence-electron chi connectivity index (χ1n) is 6.04. The Kier molecular flexibility index (Phi) is 4.90. The third-order valence-electron chi connectivity index (χ3n) is 2.74. The molecule has 1 aromatic rings. The molecule has 0 aromatic heterocycles. The molecule has 1 amide bonds. The molecule has 1 rings (SSSR count). The first-order chi connectivity index (χ1) is 8.84. The molecule has 1 aromatic carbocycles. The Labute approximate surface area is 113 Å². The number of carbonyl (C=O) groups is 1. The summed E-state index contributed by atoms with van der Waals surface area (Å²) in [6.45, 7) is 4.46. The van der Waals surface area contributed by atoms with Crippen LogP contribution in [0.1, 0.15) is 30.6 Å². The van der Waals surface area contributed by atoms with Gasteiger partial charge in [0.1, 0.15) is 4.90 Å². The molecule has 0 spiro atoms. The molecule has 0 saturated heterocycles. The average Bonchev–Trinajstić information content (AvgIpc) is 2.35. The van der Waals surface area contributed by atoms with Gasteiger partial charge in [-0.2, -0.15) is 4.31 Å². The van der Waals surface area contributed by atoms with Gasteiger partial charge in [0.05, 0.1) is 5.69 Å². The van der Waals surface area contributed by atoms with Crippen molar-refractivity contribution in [1.29, 1.82) is 0 Å². The summed E-state index contributed by atoms with van der Waals surface area (Å²) < 4.78 is 26.1. The summed E-state index contributed by atoms with van der Waals surface area (Å²) in [5.74, 6) is -0.642. The van der Waals surface area contributed by atoms with Crippen LogP contribution in [0.3, 0.4) is 0 Å². The first kappa shape index (κ1) is 15.5. The van der Waals surface area contributed by atoms with Crippen molar-refractivity contribution >= 4 is 21.6 Å². The maximum absolute atomic E-state index is 12.4. The summed E-state index contributed by atoms with van der Waals surface area (Å²) in [5.41, 5.74) is 11.1. The minimum atomic E-state index is -3.63. The molecule has 0 radical (unpaired) electrons. The molecule has 106 valence electrons. The molecular weight excluding hydrogens is 266 g/mol. The van der Waals surface area contributed by atoms with Crippen molar-refractivity contribution in [2.24, 2.45) is 5.73 Å². The van der Waals surface area contributed by atoms with Crippen molar-refractivity contribution in [2.45, 2.75) is 25.2 Å². The molecule has 0 fully saturated rings. The van der Waals surface area contributed by atoms with Crippen LogP contribution in [-0.4, -0.2) is 31.7 Å². The molecule has 0 aliphatic rings. The van der Waals surface area contributed by atoms with E-state index >= 15 is 0 Å². The predicted molar refractivity (Wildman–Crippen MR) is 74.1 cm³/mol. The zero-order valence-electron chi connectivity index (χ0n) is 11.1. The third-order valence-corrected chi connectivity index (χ3v) is 4.79. The van der Waals surface area contributed by atoms with E-state index in [0.717, 1.165) is 0 Å². The summed E-state index contributed by atoms with van der Waals surface area (Å²) in [4.78, 5) is 11.0. The van der Waals surface area contributed by atoms with Crippen molar-refractivity contribution in [3.8, 4) is 0 Å². The van der Waals surface area contributed by atoms with Gasteiger partial charge in [-0.15, -0.1) is 0 Å². The number of nitrogen functional groups attached to an aromatic ring is 1. The van der Waals surface area contributed by atoms with Crippen LogP contribution >= 0.6 is 0 Å². The Bertz CT molecular complexity index is 570. The number of nitrogens with two attached hydrogens (primary N) is 2. The highest BCUT2D eigenvalue weighted by Gasteiger charge is 2.24. The summed E-state index contributed by atoms with van der Waals surface area (Å²) in [7, 11) is -3.63. The Balaban J connectivity index is 3.25. The number of rotatable bonds is 6. The largest absolute Gasteiger partial charge is 0.398 e. The number of anilines is 1. The average molecular weight is 285 g/mol. The highest BCUT2D eigenvalue weighted by atomic mass is 32.2. The molecule has 0 unspecified atom stereocenters. The maximum atomic E-state index is 12.4. The van der Waals surface area contributed by atoms with Crippen LogP contribution in [0.25, 0.3) is 0 Å². The molecule has 19 heavy (non-hydrogen) atoms. The van der Waals surface area contributed by atoms with Gasteiger partial charge >= 0.3 is 0 Å². The second kappa shape index (κ2) is 6.03. The van der Waals surface area contributed by atoms with Crippen molar-refractivity contribution in [3.63, 3.8) is 0 Å². The monoisotopic (exact) mass is 285 g/mol. The van der Waals surface area contributed by atoms with Gasteiger partial charge in [0, 0.05) is 18.7 Å². The number of carbonyl (C=O) groups excluding carboxylic acids is 1. The molecule has 0 aliphatic heterocycles. The smallest absolute Gasteiger partial charge is 0.248 e. The number of benzene rings is 1. The zero-order chi connectivity index (χ0) is 14.6. The van der Waals surface area contributed by atoms with E-state index in [1.807, 2.05) is 6.92 Å². The van der Waals surface area contributed by atoms with E-state index in [0.29, 0.717) is 19.5 Å². The first-order valence-corrected chi connectivity index (χ1v) is 7.48. The van der Waals surface area contributed by atoms with E-state index in [1.165, 1.54) is 22.5 Å². The highest BCUT2D eigenvalue weighted by Crippen LogP contribution is 2.23. The molecule has 6 nitrogen and oxygen atoms in total. The SMILES string of the molecule is CCCN(CC)S(=O)(=O)c1ccc(C(N)=O)cc1N. The van der Waals surface area contributed by atoms with E-state index in [-0.39, 0.29) is 16.1 Å². The Morgan fingerprint density at radius 2 is 1.95 bits per heavy atom. The van der Waals surface area contributed by atoms with E-state index in [4.69, 9.17) is 11.5 Å². The molecule has 0 saturated carbocycles. The van der Waals surface area contributed by atoms with E-state index in [9.17, 15) is 13.2 Å². The number of hydrogen-bond donors (Lipinski definition) is 2. The minimum Gasteiger partial charge on any atom is -0.398 e. The highest BCUT2D eigenvalue weighted by molar-refractivity contribution is 7.89. The maximum Gasteiger partial charge on any atom is 0.248 e. The van der Waals surface area contributed by atoms with Crippen LogP contribution < -0.4 is 11.5 Å². The van der Waals surface area contributed by atoms with Crippen molar-refractivity contribution in [2.75, 3.05) is 18.8 Å². The van der Waals surface area contributed by atoms with Gasteiger partial charge in [-0.25, -0.2) is 8.42 Å². The van der Waals surface area contributed by atoms with Crippen molar-refractivity contribution < 1.29 is 13.2 Å². The van der Waals surface area contributed by atoms with Crippen molar-refractivity contribution in [3.05, 3.63) is 23.8 Å². The lowest BCUT2D eigenvalue weighted by Gasteiger charge is -2.20. The number of nitrogens with zero attached hydrogens (tertiary/aromatic N) is 1. The summed E-state index contributed by atoms with van der Waals surface area (Å²) in [6, 6.07) is 3.98. The second-order valence-corrected chi connectivity index (χ2v) is 6.02. The molecule has 4 N–H and O–H groups in total. The fourth-order valence-electron chi connectivity index (χ4n) is 1.77. The van der Waals surface area contributed by atoms with Crippen LogP contribution in [0.4, 0.5) is 5.69 Å². The molecule has 0 aliphatic carbocycles. The molecule has 0 bridgehead atoms. The van der Waals surface area contributed by atoms with Gasteiger partial charge in [0.2, 0.25) is 15.9 Å². The zero-order valence-corrected chi connectivity index (χ0v) is 11.9. The Hall–Kier alpha value is -1.60. The van der Waals surface area contributed by atoms with Gasteiger partial charge in [0.15, 0.2) is 0 Å². The van der Waals surface area contributed by atoms with Crippen molar-refractivity contribution in [1.82, 2.24) is 4.31 Å². The number of sulfonamides is 1. The Morgan fingerprint density at radius 1 is 1.32 bits per heavy atom. The van der Waals surface area contributed by atoms with E-state index < -0.39 is 15.9 Å². The van der Waals surface area contributed by atoms with Crippen LogP contribution in [-0.2, 0) is 10.0 Å². The van der Waals surface area contributed by atoms with E-state index in [2.05, 4.69) is 0 Å². The van der Waals surface area contributed by atoms with Gasteiger partial charge in [-0.05, 0) is 24.6 Å². The molecule has 7 heteroatoms. The molecule has 0 heterocycles. The lowest BCUT2D eigenvalue weighted by atomic mass is 10.2. The molecular formula is C12H19N3O3S. The van der Waals surface area contributed by atoms with Crippen LogP contribution in [0.5, 0.6) is 0 Å². The van der Waals surface area contributed by atoms with Gasteiger partial charge in [0.25, 0.3) is 0 Å². The minimum absolute atomic E-state index is 0.00722.